The van der Waals surface area contributed by atoms with Gasteiger partial charge in [-0.2, -0.15) is 8.42 Å². The molecule has 1 aromatic rings. The minimum atomic E-state index is -4.45. The molecule has 10 heteroatoms. The minimum Gasteiger partial charge on any atom is -1.00 e. The molecule has 0 heterocycles. The molecule has 96 valence electrons. The molecule has 0 saturated heterocycles. The maximum Gasteiger partial charge on any atom is 1.00 e. The number of aliphatic carboxylic acids is 1. The van der Waals surface area contributed by atoms with Crippen LogP contribution in [0.3, 0.4) is 0 Å². The molecule has 0 unspecified atom stereocenters. The van der Waals surface area contributed by atoms with Gasteiger partial charge in [0.15, 0.2) is 0 Å². The van der Waals surface area contributed by atoms with Crippen LogP contribution >= 0.6 is 35.0 Å². The van der Waals surface area contributed by atoms with Gasteiger partial charge in [-0.25, -0.2) is 0 Å². The topological polar surface area (TPSA) is 91.7 Å². The van der Waals surface area contributed by atoms with Gasteiger partial charge in [0.2, 0.25) is 0 Å². The third-order valence-corrected chi connectivity index (χ3v) is 4.40. The summed E-state index contributed by atoms with van der Waals surface area (Å²) in [7, 11) is -4.45. The predicted molar refractivity (Wildman–Crippen MR) is 65.7 cm³/mol. The second kappa shape index (κ2) is 7.82. The molecule has 0 aromatic heterocycles. The van der Waals surface area contributed by atoms with Gasteiger partial charge in [-0.3, -0.25) is 9.35 Å². The van der Waals surface area contributed by atoms with E-state index in [-0.39, 0.29) is 68.6 Å². The quantitative estimate of drug-likeness (QED) is 0.430. The fourth-order valence-electron chi connectivity index (χ4n) is 0.958. The van der Waals surface area contributed by atoms with Crippen LogP contribution in [0.25, 0.3) is 0 Å². The summed E-state index contributed by atoms with van der Waals surface area (Å²) in [6, 6.07) is 2.17. The number of benzene rings is 1. The molecule has 1 rings (SSSR count). The van der Waals surface area contributed by atoms with Gasteiger partial charge >= 0.3 is 57.4 Å². The number of carbonyl (C=O) groups is 1. The van der Waals surface area contributed by atoms with Crippen LogP contribution in [0.4, 0.5) is 0 Å². The number of halogens is 2. The number of hydrogen-bond donors (Lipinski definition) is 2. The standard InChI is InChI=1S/C8H6Cl2O5S2.K.H/c9-4-2-7(17(13,14)15)5(10)1-6(4)16-3-8(11)12;;/h1-2H,3H2,(H,11,12)(H,13,14,15);;/q;+1;-1. The molecule has 0 aliphatic heterocycles. The Morgan fingerprint density at radius 3 is 2.33 bits per heavy atom. The van der Waals surface area contributed by atoms with E-state index in [0.29, 0.717) is 4.90 Å². The Morgan fingerprint density at radius 2 is 1.89 bits per heavy atom. The van der Waals surface area contributed by atoms with Crippen LogP contribution in [0.15, 0.2) is 21.9 Å². The average molecular weight is 357 g/mol. The summed E-state index contributed by atoms with van der Waals surface area (Å²) in [5.41, 5.74) is 0. The van der Waals surface area contributed by atoms with Crippen molar-refractivity contribution >= 4 is 51.1 Å². The van der Waals surface area contributed by atoms with Gasteiger partial charge in [-0.05, 0) is 12.1 Å². The van der Waals surface area contributed by atoms with E-state index in [1.54, 1.807) is 0 Å². The Bertz CT molecular complexity index is 567. The van der Waals surface area contributed by atoms with Gasteiger partial charge in [0.25, 0.3) is 10.1 Å². The van der Waals surface area contributed by atoms with Crippen molar-refractivity contribution in [1.29, 1.82) is 0 Å². The zero-order valence-corrected chi connectivity index (χ0v) is 15.3. The molecule has 0 radical (unpaired) electrons. The van der Waals surface area contributed by atoms with Gasteiger partial charge in [0.05, 0.1) is 15.8 Å². The van der Waals surface area contributed by atoms with Crippen molar-refractivity contribution in [3.63, 3.8) is 0 Å². The Kier molecular flexibility index (Phi) is 8.33. The maximum absolute atomic E-state index is 10.9. The second-order valence-electron chi connectivity index (χ2n) is 2.87. The number of carboxylic acids is 1. The summed E-state index contributed by atoms with van der Waals surface area (Å²) in [6.45, 7) is 0. The number of carboxylic acid groups (broad SMARTS) is 1. The van der Waals surface area contributed by atoms with Crippen molar-refractivity contribution in [2.24, 2.45) is 0 Å². The number of rotatable bonds is 4. The van der Waals surface area contributed by atoms with Crippen LogP contribution in [0, 0.1) is 0 Å². The van der Waals surface area contributed by atoms with Crippen LogP contribution in [-0.2, 0) is 14.9 Å². The first-order chi connectivity index (χ1) is 7.71. The third kappa shape index (κ3) is 5.66. The summed E-state index contributed by atoms with van der Waals surface area (Å²) in [5.74, 6) is -1.28. The first kappa shape index (κ1) is 19.2. The normalized spacial score (nSPS) is 10.8. The molecule has 18 heavy (non-hydrogen) atoms. The Balaban J connectivity index is 0. The molecule has 0 saturated carbocycles. The fraction of sp³-hybridized carbons (Fsp3) is 0.125. The molecule has 5 nitrogen and oxygen atoms in total. The molecule has 0 fully saturated rings. The van der Waals surface area contributed by atoms with Crippen molar-refractivity contribution < 1.29 is 75.7 Å². The minimum absolute atomic E-state index is 0. The first-order valence-corrected chi connectivity index (χ1v) is 7.21. The smallest absolute Gasteiger partial charge is 1.00 e. The molecule has 0 aliphatic rings. The zero-order chi connectivity index (χ0) is 13.2. The summed E-state index contributed by atoms with van der Waals surface area (Å²) in [5, 5.41) is 8.28. The van der Waals surface area contributed by atoms with E-state index in [4.69, 9.17) is 32.9 Å². The molecule has 2 N–H and O–H groups in total. The molecular formula is C8H7Cl2KO5S2. The monoisotopic (exact) mass is 356 g/mol. The van der Waals surface area contributed by atoms with Crippen molar-refractivity contribution in [1.82, 2.24) is 0 Å². The van der Waals surface area contributed by atoms with E-state index in [1.165, 1.54) is 6.07 Å². The molecule has 0 amide bonds. The van der Waals surface area contributed by atoms with E-state index in [1.807, 2.05) is 0 Å². The largest absolute Gasteiger partial charge is 1.00 e. The van der Waals surface area contributed by atoms with Gasteiger partial charge in [-0.15, -0.1) is 11.8 Å². The average Bonchev–Trinajstić information content (AvgIpc) is 2.17. The van der Waals surface area contributed by atoms with Crippen LogP contribution < -0.4 is 51.4 Å². The second-order valence-corrected chi connectivity index (χ2v) is 6.09. The molecular weight excluding hydrogens is 350 g/mol. The van der Waals surface area contributed by atoms with Gasteiger partial charge < -0.3 is 6.53 Å². The van der Waals surface area contributed by atoms with E-state index in [0.717, 1.165) is 17.8 Å². The van der Waals surface area contributed by atoms with Crippen molar-refractivity contribution in [2.75, 3.05) is 5.75 Å². The van der Waals surface area contributed by atoms with Crippen LogP contribution in [0.2, 0.25) is 10.0 Å². The van der Waals surface area contributed by atoms with Gasteiger partial charge in [-0.1, -0.05) is 23.2 Å². The van der Waals surface area contributed by atoms with Crippen molar-refractivity contribution in [3.8, 4) is 0 Å². The first-order valence-electron chi connectivity index (χ1n) is 4.03. The number of thioether (sulfide) groups is 1. The van der Waals surface area contributed by atoms with Crippen LogP contribution in [0.1, 0.15) is 1.43 Å². The third-order valence-electron chi connectivity index (χ3n) is 1.62. The summed E-state index contributed by atoms with van der Waals surface area (Å²) < 4.78 is 30.6. The molecule has 0 bridgehead atoms. The molecule has 0 spiro atoms. The summed E-state index contributed by atoms with van der Waals surface area (Å²) in [4.78, 5) is 10.2. The Labute approximate surface area is 162 Å². The van der Waals surface area contributed by atoms with E-state index < -0.39 is 21.0 Å². The van der Waals surface area contributed by atoms with Crippen molar-refractivity contribution in [3.05, 3.63) is 22.2 Å². The predicted octanol–water partition coefficient (Wildman–Crippen LogP) is -0.467. The molecule has 1 aromatic carbocycles. The summed E-state index contributed by atoms with van der Waals surface area (Å²) in [6.07, 6.45) is 0. The zero-order valence-electron chi connectivity index (χ0n) is 10.1. The van der Waals surface area contributed by atoms with E-state index in [2.05, 4.69) is 0 Å². The van der Waals surface area contributed by atoms with Crippen molar-refractivity contribution in [2.45, 2.75) is 9.79 Å². The fourth-order valence-corrected chi connectivity index (χ4v) is 3.12. The number of hydrogen-bond acceptors (Lipinski definition) is 4. The molecule has 0 aliphatic carbocycles. The van der Waals surface area contributed by atoms with E-state index in [9.17, 15) is 13.2 Å². The SMILES string of the molecule is O=C(O)CSc1cc(Cl)c(S(=O)(=O)O)cc1Cl.[H-].[K+]. The van der Waals surface area contributed by atoms with E-state index >= 15 is 0 Å². The van der Waals surface area contributed by atoms with Gasteiger partial charge in [0, 0.05) is 4.90 Å². The van der Waals surface area contributed by atoms with Crippen LogP contribution in [0.5, 0.6) is 0 Å². The molecule has 0 atom stereocenters. The van der Waals surface area contributed by atoms with Gasteiger partial charge in [0.1, 0.15) is 4.90 Å². The maximum atomic E-state index is 10.9. The summed E-state index contributed by atoms with van der Waals surface area (Å²) >= 11 is 12.3. The van der Waals surface area contributed by atoms with Crippen LogP contribution in [-0.4, -0.2) is 29.8 Å². The Morgan fingerprint density at radius 1 is 1.33 bits per heavy atom. The Hall–Kier alpha value is 1.17.